The van der Waals surface area contributed by atoms with Crippen molar-refractivity contribution in [3.63, 3.8) is 0 Å². The average molecular weight is 268 g/mol. The van der Waals surface area contributed by atoms with Crippen molar-refractivity contribution in [3.05, 3.63) is 57.2 Å². The monoisotopic (exact) mass is 267 g/mol. The standard InChI is InChI=1S/C12H11ClFN3O/c1-15-9-5-12(18)17(16-6-9)7-8-2-3-10(13)11(14)4-8/h2-6,15H,7H2,1H3. The van der Waals surface area contributed by atoms with Crippen LogP contribution in [0, 0.1) is 5.82 Å². The van der Waals surface area contributed by atoms with Crippen molar-refractivity contribution in [2.24, 2.45) is 0 Å². The zero-order valence-electron chi connectivity index (χ0n) is 9.65. The zero-order valence-corrected chi connectivity index (χ0v) is 10.4. The zero-order chi connectivity index (χ0) is 13.1. The molecular formula is C12H11ClFN3O. The first kappa shape index (κ1) is 12.6. The number of rotatable bonds is 3. The molecule has 0 unspecified atom stereocenters. The number of aromatic nitrogens is 2. The smallest absolute Gasteiger partial charge is 0.269 e. The van der Waals surface area contributed by atoms with Crippen molar-refractivity contribution in [1.82, 2.24) is 9.78 Å². The Morgan fingerprint density at radius 2 is 2.22 bits per heavy atom. The lowest BCUT2D eigenvalue weighted by atomic mass is 10.2. The Morgan fingerprint density at radius 3 is 2.83 bits per heavy atom. The summed E-state index contributed by atoms with van der Waals surface area (Å²) in [6, 6.07) is 5.84. The van der Waals surface area contributed by atoms with Gasteiger partial charge in [0.25, 0.3) is 5.56 Å². The maximum absolute atomic E-state index is 13.3. The lowest BCUT2D eigenvalue weighted by molar-refractivity contribution is 0.611. The Labute approximate surface area is 108 Å². The third kappa shape index (κ3) is 2.68. The molecule has 0 atom stereocenters. The third-order valence-corrected chi connectivity index (χ3v) is 2.78. The van der Waals surface area contributed by atoms with E-state index in [1.54, 1.807) is 13.1 Å². The molecule has 2 rings (SSSR count). The van der Waals surface area contributed by atoms with E-state index in [4.69, 9.17) is 11.6 Å². The molecule has 0 saturated heterocycles. The van der Waals surface area contributed by atoms with Gasteiger partial charge in [-0.3, -0.25) is 4.79 Å². The molecule has 1 aromatic carbocycles. The fourth-order valence-electron chi connectivity index (χ4n) is 1.50. The van der Waals surface area contributed by atoms with Crippen LogP contribution < -0.4 is 10.9 Å². The summed E-state index contributed by atoms with van der Waals surface area (Å²) in [6.07, 6.45) is 1.54. The molecular weight excluding hydrogens is 257 g/mol. The molecule has 0 radical (unpaired) electrons. The van der Waals surface area contributed by atoms with Gasteiger partial charge in [-0.05, 0) is 17.7 Å². The highest BCUT2D eigenvalue weighted by Crippen LogP contribution is 2.15. The molecule has 4 nitrogen and oxygen atoms in total. The van der Waals surface area contributed by atoms with Crippen LogP contribution in [-0.2, 0) is 6.54 Å². The Bertz CT molecular complexity index is 627. The van der Waals surface area contributed by atoms with Crippen LogP contribution >= 0.6 is 11.6 Å². The molecule has 0 saturated carbocycles. The van der Waals surface area contributed by atoms with Crippen LogP contribution in [0.2, 0.25) is 5.02 Å². The summed E-state index contributed by atoms with van der Waals surface area (Å²) in [5.41, 5.74) is 1.01. The quantitative estimate of drug-likeness (QED) is 0.927. The Balaban J connectivity index is 2.28. The second-order valence-corrected chi connectivity index (χ2v) is 4.15. The number of hydrogen-bond acceptors (Lipinski definition) is 3. The minimum absolute atomic E-state index is 0.0598. The predicted molar refractivity (Wildman–Crippen MR) is 68.6 cm³/mol. The van der Waals surface area contributed by atoms with Gasteiger partial charge in [0.2, 0.25) is 0 Å². The molecule has 1 heterocycles. The molecule has 6 heteroatoms. The van der Waals surface area contributed by atoms with Gasteiger partial charge < -0.3 is 5.32 Å². The molecule has 1 N–H and O–H groups in total. The first-order valence-electron chi connectivity index (χ1n) is 5.29. The summed E-state index contributed by atoms with van der Waals surface area (Å²) in [6.45, 7) is 0.205. The maximum Gasteiger partial charge on any atom is 0.269 e. The van der Waals surface area contributed by atoms with E-state index in [-0.39, 0.29) is 17.1 Å². The second kappa shape index (κ2) is 5.18. The molecule has 0 aliphatic carbocycles. The molecule has 0 spiro atoms. The summed E-state index contributed by atoms with van der Waals surface area (Å²) < 4.78 is 14.5. The Morgan fingerprint density at radius 1 is 1.44 bits per heavy atom. The fourth-order valence-corrected chi connectivity index (χ4v) is 1.62. The molecule has 0 aliphatic heterocycles. The molecule has 18 heavy (non-hydrogen) atoms. The van der Waals surface area contributed by atoms with Gasteiger partial charge in [0, 0.05) is 13.1 Å². The van der Waals surface area contributed by atoms with Crippen molar-refractivity contribution in [2.45, 2.75) is 6.54 Å². The van der Waals surface area contributed by atoms with E-state index in [1.807, 2.05) is 0 Å². The molecule has 2 aromatic rings. The van der Waals surface area contributed by atoms with Gasteiger partial charge in [0.15, 0.2) is 0 Å². The second-order valence-electron chi connectivity index (χ2n) is 3.74. The van der Waals surface area contributed by atoms with Gasteiger partial charge in [-0.15, -0.1) is 0 Å². The highest BCUT2D eigenvalue weighted by Gasteiger charge is 2.04. The molecule has 0 fully saturated rings. The highest BCUT2D eigenvalue weighted by molar-refractivity contribution is 6.30. The summed E-state index contributed by atoms with van der Waals surface area (Å²) in [5.74, 6) is -0.505. The fraction of sp³-hybridized carbons (Fsp3) is 0.167. The summed E-state index contributed by atoms with van der Waals surface area (Å²) in [4.78, 5) is 11.7. The van der Waals surface area contributed by atoms with Crippen molar-refractivity contribution in [1.29, 1.82) is 0 Å². The number of nitrogens with one attached hydrogen (secondary N) is 1. The normalized spacial score (nSPS) is 10.4. The lowest BCUT2D eigenvalue weighted by Crippen LogP contribution is -2.22. The van der Waals surface area contributed by atoms with E-state index in [1.165, 1.54) is 29.1 Å². The van der Waals surface area contributed by atoms with Crippen molar-refractivity contribution >= 4 is 17.3 Å². The van der Waals surface area contributed by atoms with Gasteiger partial charge in [0.05, 0.1) is 23.5 Å². The van der Waals surface area contributed by atoms with E-state index in [9.17, 15) is 9.18 Å². The van der Waals surface area contributed by atoms with Crippen LogP contribution in [0.1, 0.15) is 5.56 Å². The van der Waals surface area contributed by atoms with Crippen LogP contribution in [0.15, 0.2) is 35.3 Å². The minimum atomic E-state index is -0.505. The van der Waals surface area contributed by atoms with Gasteiger partial charge in [-0.1, -0.05) is 17.7 Å². The Hall–Kier alpha value is -1.88. The van der Waals surface area contributed by atoms with Crippen LogP contribution in [0.25, 0.3) is 0 Å². The van der Waals surface area contributed by atoms with Gasteiger partial charge in [0.1, 0.15) is 5.82 Å². The van der Waals surface area contributed by atoms with Crippen molar-refractivity contribution in [3.8, 4) is 0 Å². The molecule has 0 aliphatic rings. The van der Waals surface area contributed by atoms with Crippen LogP contribution in [0.4, 0.5) is 10.1 Å². The van der Waals surface area contributed by atoms with Crippen LogP contribution in [0.5, 0.6) is 0 Å². The lowest BCUT2D eigenvalue weighted by Gasteiger charge is -2.06. The van der Waals surface area contributed by atoms with Crippen LogP contribution in [-0.4, -0.2) is 16.8 Å². The minimum Gasteiger partial charge on any atom is -0.387 e. The third-order valence-electron chi connectivity index (χ3n) is 2.47. The van der Waals surface area contributed by atoms with E-state index < -0.39 is 5.82 Å². The van der Waals surface area contributed by atoms with Gasteiger partial charge >= 0.3 is 0 Å². The topological polar surface area (TPSA) is 46.9 Å². The van der Waals surface area contributed by atoms with E-state index in [2.05, 4.69) is 10.4 Å². The SMILES string of the molecule is CNc1cnn(Cc2ccc(Cl)c(F)c2)c(=O)c1. The van der Waals surface area contributed by atoms with Crippen LogP contribution in [0.3, 0.4) is 0 Å². The van der Waals surface area contributed by atoms with E-state index in [0.717, 1.165) is 0 Å². The van der Waals surface area contributed by atoms with Crippen molar-refractivity contribution in [2.75, 3.05) is 12.4 Å². The number of halogens is 2. The summed E-state index contributed by atoms with van der Waals surface area (Å²) in [5, 5.41) is 6.86. The number of anilines is 1. The predicted octanol–water partition coefficient (Wildman–Crippen LogP) is 2.13. The first-order chi connectivity index (χ1) is 8.60. The van der Waals surface area contributed by atoms with Gasteiger partial charge in [-0.25, -0.2) is 9.07 Å². The summed E-state index contributed by atoms with van der Waals surface area (Å²) in [7, 11) is 1.70. The average Bonchev–Trinajstić information content (AvgIpc) is 2.36. The number of benzene rings is 1. The number of nitrogens with zero attached hydrogens (tertiary/aromatic N) is 2. The van der Waals surface area contributed by atoms with Crippen molar-refractivity contribution < 1.29 is 4.39 Å². The summed E-state index contributed by atoms with van der Waals surface area (Å²) >= 11 is 5.59. The first-order valence-corrected chi connectivity index (χ1v) is 5.67. The van der Waals surface area contributed by atoms with E-state index in [0.29, 0.717) is 11.3 Å². The molecule has 1 aromatic heterocycles. The largest absolute Gasteiger partial charge is 0.387 e. The van der Waals surface area contributed by atoms with Gasteiger partial charge in [-0.2, -0.15) is 5.10 Å². The molecule has 0 amide bonds. The highest BCUT2D eigenvalue weighted by atomic mass is 35.5. The number of hydrogen-bond donors (Lipinski definition) is 1. The maximum atomic E-state index is 13.3. The van der Waals surface area contributed by atoms with E-state index >= 15 is 0 Å². The molecule has 0 bridgehead atoms. The molecule has 94 valence electrons. The Kier molecular flexibility index (Phi) is 3.62.